The average molecular weight is 239 g/mol. The number of hydrogen-bond acceptors (Lipinski definition) is 1. The fourth-order valence-electron chi connectivity index (χ4n) is 0.804. The number of hydrogen-bond donors (Lipinski definition) is 1. The Balaban J connectivity index is 2.31. The summed E-state index contributed by atoms with van der Waals surface area (Å²) in [6.45, 7) is 0.286. The third-order valence-electron chi connectivity index (χ3n) is 1.45. The minimum atomic E-state index is 0.286. The molecule has 0 amide bonds. The molecule has 1 rings (SSSR count). The van der Waals surface area contributed by atoms with Gasteiger partial charge in [0, 0.05) is 0 Å². The molecule has 1 nitrogen and oxygen atoms in total. The van der Waals surface area contributed by atoms with Crippen LogP contribution in [0, 0.1) is 10.7 Å². The van der Waals surface area contributed by atoms with Gasteiger partial charge >= 0.3 is 85.0 Å². The Labute approximate surface area is 85.3 Å². The predicted octanol–water partition coefficient (Wildman–Crippen LogP) is 1.50. The van der Waals surface area contributed by atoms with E-state index in [-0.39, 0.29) is 6.61 Å². The molecule has 2 heteroatoms. The van der Waals surface area contributed by atoms with Gasteiger partial charge in [-0.3, -0.25) is 0 Å². The molecule has 0 aliphatic heterocycles. The summed E-state index contributed by atoms with van der Waals surface area (Å²) in [5.41, 5.74) is 1.08. The number of benzene rings is 1. The van der Waals surface area contributed by atoms with Gasteiger partial charge in [-0.15, -0.1) is 0 Å². The standard InChI is InChI=1S/C11H12OSe/c12-8-4-9-13-10-7-11-5-2-1-3-6-11/h1-3,5-6,12H,4,8-9H2. The molecule has 0 fully saturated rings. The zero-order chi connectivity index (χ0) is 9.36. The van der Waals surface area contributed by atoms with E-state index in [4.69, 9.17) is 5.11 Å². The van der Waals surface area contributed by atoms with Crippen molar-refractivity contribution in [1.29, 1.82) is 0 Å². The molecule has 0 unspecified atom stereocenters. The van der Waals surface area contributed by atoms with Crippen LogP contribution in [0.25, 0.3) is 0 Å². The zero-order valence-electron chi connectivity index (χ0n) is 7.36. The molecule has 0 saturated heterocycles. The Bertz CT molecular complexity index is 284. The molecule has 0 radical (unpaired) electrons. The first-order valence-corrected chi connectivity index (χ1v) is 6.29. The second-order valence-corrected chi connectivity index (χ2v) is 4.41. The van der Waals surface area contributed by atoms with Crippen LogP contribution in [0.1, 0.15) is 12.0 Å². The normalized spacial score (nSPS) is 9.00. The SMILES string of the molecule is OCCC[Se]C#Cc1ccccc1. The molecular weight excluding hydrogens is 227 g/mol. The van der Waals surface area contributed by atoms with Crippen molar-refractivity contribution >= 4 is 15.0 Å². The summed E-state index contributed by atoms with van der Waals surface area (Å²) in [5, 5.41) is 9.59. The monoisotopic (exact) mass is 240 g/mol. The van der Waals surface area contributed by atoms with Gasteiger partial charge in [-0.2, -0.15) is 0 Å². The number of aliphatic hydroxyl groups is 1. The van der Waals surface area contributed by atoms with Gasteiger partial charge in [0.05, 0.1) is 0 Å². The van der Waals surface area contributed by atoms with Crippen LogP contribution in [-0.4, -0.2) is 26.7 Å². The van der Waals surface area contributed by atoms with Crippen LogP contribution in [0.2, 0.25) is 5.32 Å². The van der Waals surface area contributed by atoms with Crippen molar-refractivity contribution in [3.05, 3.63) is 35.9 Å². The summed E-state index contributed by atoms with van der Waals surface area (Å²) in [5.74, 6) is 3.10. The maximum absolute atomic E-state index is 8.54. The first kappa shape index (κ1) is 10.3. The van der Waals surface area contributed by atoms with Gasteiger partial charge in [-0.1, -0.05) is 0 Å². The molecule has 0 aliphatic carbocycles. The fraction of sp³-hybridized carbons (Fsp3) is 0.273. The van der Waals surface area contributed by atoms with E-state index in [1.54, 1.807) is 0 Å². The zero-order valence-corrected chi connectivity index (χ0v) is 9.08. The maximum atomic E-state index is 8.54. The molecule has 0 spiro atoms. The van der Waals surface area contributed by atoms with Crippen molar-refractivity contribution in [3.63, 3.8) is 0 Å². The third-order valence-corrected chi connectivity index (χ3v) is 3.00. The van der Waals surface area contributed by atoms with E-state index in [0.29, 0.717) is 15.0 Å². The number of aliphatic hydroxyl groups excluding tert-OH is 1. The van der Waals surface area contributed by atoms with Gasteiger partial charge in [-0.05, 0) is 0 Å². The van der Waals surface area contributed by atoms with Gasteiger partial charge in [0.25, 0.3) is 0 Å². The summed E-state index contributed by atoms with van der Waals surface area (Å²) in [7, 11) is 0. The van der Waals surface area contributed by atoms with Crippen molar-refractivity contribution in [2.75, 3.05) is 6.61 Å². The second kappa shape index (κ2) is 6.74. The van der Waals surface area contributed by atoms with Crippen molar-refractivity contribution in [2.45, 2.75) is 11.7 Å². The van der Waals surface area contributed by atoms with Crippen LogP contribution in [0.3, 0.4) is 0 Å². The molecule has 1 aromatic carbocycles. The van der Waals surface area contributed by atoms with Gasteiger partial charge in [0.1, 0.15) is 0 Å². The van der Waals surface area contributed by atoms with E-state index in [2.05, 4.69) is 10.7 Å². The molecule has 68 valence electrons. The summed E-state index contributed by atoms with van der Waals surface area (Å²) in [6.07, 6.45) is 0.878. The van der Waals surface area contributed by atoms with Crippen LogP contribution < -0.4 is 0 Å². The molecule has 0 atom stereocenters. The molecule has 0 aliphatic rings. The predicted molar refractivity (Wildman–Crippen MR) is 55.6 cm³/mol. The van der Waals surface area contributed by atoms with E-state index in [0.717, 1.165) is 17.3 Å². The molecule has 0 heterocycles. The van der Waals surface area contributed by atoms with E-state index in [1.807, 2.05) is 30.3 Å². The van der Waals surface area contributed by atoms with Crippen molar-refractivity contribution in [2.24, 2.45) is 0 Å². The fourth-order valence-corrected chi connectivity index (χ4v) is 1.99. The molecular formula is C11H12OSe. The van der Waals surface area contributed by atoms with Crippen LogP contribution >= 0.6 is 0 Å². The van der Waals surface area contributed by atoms with E-state index in [1.165, 1.54) is 0 Å². The van der Waals surface area contributed by atoms with Gasteiger partial charge < -0.3 is 0 Å². The van der Waals surface area contributed by atoms with Crippen LogP contribution in [0.4, 0.5) is 0 Å². The van der Waals surface area contributed by atoms with E-state index in [9.17, 15) is 0 Å². The topological polar surface area (TPSA) is 20.2 Å². The van der Waals surface area contributed by atoms with Crippen LogP contribution in [0.15, 0.2) is 30.3 Å². The minimum absolute atomic E-state index is 0.286. The Kier molecular flexibility index (Phi) is 5.36. The van der Waals surface area contributed by atoms with Gasteiger partial charge in [0.15, 0.2) is 0 Å². The summed E-state index contributed by atoms with van der Waals surface area (Å²) in [6, 6.07) is 9.99. The van der Waals surface area contributed by atoms with E-state index < -0.39 is 0 Å². The third kappa shape index (κ3) is 4.75. The summed E-state index contributed by atoms with van der Waals surface area (Å²) < 4.78 is 0. The summed E-state index contributed by atoms with van der Waals surface area (Å²) in [4.78, 5) is 3.14. The number of rotatable bonds is 3. The quantitative estimate of drug-likeness (QED) is 0.481. The van der Waals surface area contributed by atoms with Crippen LogP contribution in [0.5, 0.6) is 0 Å². The molecule has 1 aromatic rings. The molecule has 0 saturated carbocycles. The Morgan fingerprint density at radius 3 is 2.69 bits per heavy atom. The average Bonchev–Trinajstić information content (AvgIpc) is 2.19. The van der Waals surface area contributed by atoms with Crippen molar-refractivity contribution < 1.29 is 5.11 Å². The van der Waals surface area contributed by atoms with Crippen molar-refractivity contribution in [3.8, 4) is 10.7 Å². The first-order chi connectivity index (χ1) is 6.43. The van der Waals surface area contributed by atoms with Crippen LogP contribution in [-0.2, 0) is 0 Å². The molecule has 0 bridgehead atoms. The van der Waals surface area contributed by atoms with Gasteiger partial charge in [-0.25, -0.2) is 0 Å². The first-order valence-electron chi connectivity index (χ1n) is 4.22. The molecule has 1 N–H and O–H groups in total. The van der Waals surface area contributed by atoms with Crippen molar-refractivity contribution in [1.82, 2.24) is 0 Å². The molecule has 13 heavy (non-hydrogen) atoms. The van der Waals surface area contributed by atoms with E-state index >= 15 is 0 Å². The Morgan fingerprint density at radius 2 is 2.00 bits per heavy atom. The second-order valence-electron chi connectivity index (χ2n) is 2.52. The Morgan fingerprint density at radius 1 is 1.23 bits per heavy atom. The summed E-state index contributed by atoms with van der Waals surface area (Å²) >= 11 is 0.360. The van der Waals surface area contributed by atoms with Gasteiger partial charge in [0.2, 0.25) is 0 Å². The molecule has 0 aromatic heterocycles. The Hall–Kier alpha value is -0.741.